The molecule has 0 bridgehead atoms. The van der Waals surface area contributed by atoms with Gasteiger partial charge in [0.1, 0.15) is 0 Å². The van der Waals surface area contributed by atoms with Gasteiger partial charge in [0.15, 0.2) is 6.29 Å². The lowest BCUT2D eigenvalue weighted by Crippen LogP contribution is -2.32. The topological polar surface area (TPSA) is 83.6 Å². The van der Waals surface area contributed by atoms with Crippen LogP contribution >= 0.6 is 0 Å². The minimum atomic E-state index is -0.455. The molecule has 0 radical (unpaired) electrons. The Morgan fingerprint density at radius 3 is 2.52 bits per heavy atom. The molecule has 1 aliphatic heterocycles. The van der Waals surface area contributed by atoms with E-state index in [0.717, 1.165) is 29.8 Å². The maximum absolute atomic E-state index is 11.1. The number of piperidine rings is 1. The van der Waals surface area contributed by atoms with E-state index in [-0.39, 0.29) is 11.3 Å². The van der Waals surface area contributed by atoms with Crippen LogP contribution in [0.3, 0.4) is 0 Å². The number of anilines is 1. The summed E-state index contributed by atoms with van der Waals surface area (Å²) in [5.41, 5.74) is 8.79. The molecule has 0 aliphatic carbocycles. The zero-order valence-electron chi connectivity index (χ0n) is 13.1. The van der Waals surface area contributed by atoms with E-state index in [0.29, 0.717) is 18.4 Å². The molecule has 5 heteroatoms. The molecule has 0 saturated carbocycles. The van der Waals surface area contributed by atoms with Crippen LogP contribution < -0.4 is 10.6 Å². The number of nitrogens with two attached hydrogens (primary N) is 1. The second-order valence-corrected chi connectivity index (χ2v) is 5.51. The Morgan fingerprint density at radius 1 is 1.35 bits per heavy atom. The molecule has 5 nitrogen and oxygen atoms in total. The smallest absolute Gasteiger partial charge is 0.248 e. The monoisotopic (exact) mass is 312 g/mol. The molecule has 1 amide bonds. The first-order valence-electron chi connectivity index (χ1n) is 7.31. The standard InChI is InChI=1S/C18H20N2O3/c1-12-7-8-20(10-15(12)9-16(11-21)13(2)22)17-5-3-14(4-6-17)18(19)23/h3-6,9,11,22H,1,7-8,10H2,2H3,(H2,19,23)/b15-9-,16-13-. The molecule has 120 valence electrons. The minimum Gasteiger partial charge on any atom is -0.512 e. The van der Waals surface area contributed by atoms with Gasteiger partial charge in [-0.05, 0) is 54.8 Å². The lowest BCUT2D eigenvalue weighted by Gasteiger charge is -2.32. The highest BCUT2D eigenvalue weighted by molar-refractivity contribution is 5.93. The largest absolute Gasteiger partial charge is 0.512 e. The molecular weight excluding hydrogens is 292 g/mol. The summed E-state index contributed by atoms with van der Waals surface area (Å²) < 4.78 is 0. The minimum absolute atomic E-state index is 0.0109. The Morgan fingerprint density at radius 2 is 2.00 bits per heavy atom. The molecule has 1 saturated heterocycles. The highest BCUT2D eigenvalue weighted by Gasteiger charge is 2.18. The molecule has 1 heterocycles. The fraction of sp³-hybridized carbons (Fsp3) is 0.222. The first-order valence-corrected chi connectivity index (χ1v) is 7.31. The van der Waals surface area contributed by atoms with Gasteiger partial charge >= 0.3 is 0 Å². The summed E-state index contributed by atoms with van der Waals surface area (Å²) in [6, 6.07) is 7.08. The Kier molecular flexibility index (Phi) is 5.01. The van der Waals surface area contributed by atoms with Crippen LogP contribution in [0.25, 0.3) is 0 Å². The molecule has 0 unspecified atom stereocenters. The third-order valence-electron chi connectivity index (χ3n) is 3.89. The number of primary amides is 1. The van der Waals surface area contributed by atoms with Crippen LogP contribution in [0.1, 0.15) is 23.7 Å². The number of nitrogens with zero attached hydrogens (tertiary/aromatic N) is 1. The average Bonchev–Trinajstić information content (AvgIpc) is 2.53. The fourth-order valence-electron chi connectivity index (χ4n) is 2.44. The van der Waals surface area contributed by atoms with Crippen molar-refractivity contribution in [3.8, 4) is 0 Å². The van der Waals surface area contributed by atoms with Crippen LogP contribution in [0.4, 0.5) is 5.69 Å². The Labute approximate surface area is 135 Å². The molecule has 1 fully saturated rings. The molecule has 23 heavy (non-hydrogen) atoms. The second kappa shape index (κ2) is 6.96. The van der Waals surface area contributed by atoms with E-state index in [2.05, 4.69) is 11.5 Å². The number of aliphatic hydroxyl groups is 1. The second-order valence-electron chi connectivity index (χ2n) is 5.51. The van der Waals surface area contributed by atoms with Crippen molar-refractivity contribution in [2.45, 2.75) is 13.3 Å². The SMILES string of the molecule is C=C1CCN(c2ccc(C(N)=O)cc2)C/C1=C/C(C=O)=C(\C)O. The van der Waals surface area contributed by atoms with E-state index in [9.17, 15) is 14.7 Å². The maximum atomic E-state index is 11.1. The van der Waals surface area contributed by atoms with Gasteiger partial charge in [-0.3, -0.25) is 9.59 Å². The van der Waals surface area contributed by atoms with E-state index in [4.69, 9.17) is 5.73 Å². The fourth-order valence-corrected chi connectivity index (χ4v) is 2.44. The molecule has 1 aliphatic rings. The number of benzene rings is 1. The highest BCUT2D eigenvalue weighted by Crippen LogP contribution is 2.27. The summed E-state index contributed by atoms with van der Waals surface area (Å²) in [6.07, 6.45) is 3.07. The number of aldehydes is 1. The Bertz CT molecular complexity index is 695. The van der Waals surface area contributed by atoms with Crippen LogP contribution in [0.5, 0.6) is 0 Å². The molecule has 0 spiro atoms. The summed E-state index contributed by atoms with van der Waals surface area (Å²) >= 11 is 0. The van der Waals surface area contributed by atoms with Gasteiger partial charge in [0.05, 0.1) is 11.3 Å². The van der Waals surface area contributed by atoms with Crippen molar-refractivity contribution in [3.63, 3.8) is 0 Å². The van der Waals surface area contributed by atoms with Crippen LogP contribution in [-0.4, -0.2) is 30.4 Å². The van der Waals surface area contributed by atoms with Crippen molar-refractivity contribution >= 4 is 17.9 Å². The third-order valence-corrected chi connectivity index (χ3v) is 3.89. The molecule has 1 aromatic rings. The van der Waals surface area contributed by atoms with Crippen LogP contribution in [-0.2, 0) is 4.79 Å². The average molecular weight is 312 g/mol. The predicted molar refractivity (Wildman–Crippen MR) is 90.4 cm³/mol. The van der Waals surface area contributed by atoms with Crippen molar-refractivity contribution < 1.29 is 14.7 Å². The molecule has 0 aromatic heterocycles. The van der Waals surface area contributed by atoms with Gasteiger partial charge in [0, 0.05) is 24.3 Å². The summed E-state index contributed by atoms with van der Waals surface area (Å²) in [5.74, 6) is -0.466. The van der Waals surface area contributed by atoms with Gasteiger partial charge in [-0.25, -0.2) is 0 Å². The molecule has 0 atom stereocenters. The van der Waals surface area contributed by atoms with Gasteiger partial charge in [-0.2, -0.15) is 0 Å². The molecule has 1 aromatic carbocycles. The van der Waals surface area contributed by atoms with E-state index >= 15 is 0 Å². The van der Waals surface area contributed by atoms with Crippen LogP contribution in [0, 0.1) is 0 Å². The van der Waals surface area contributed by atoms with Crippen molar-refractivity contribution in [2.24, 2.45) is 5.73 Å². The third kappa shape index (κ3) is 3.88. The van der Waals surface area contributed by atoms with Gasteiger partial charge in [0.2, 0.25) is 5.91 Å². The zero-order valence-corrected chi connectivity index (χ0v) is 13.1. The number of allylic oxidation sites excluding steroid dienone is 3. The summed E-state index contributed by atoms with van der Waals surface area (Å²) in [6.45, 7) is 6.89. The maximum Gasteiger partial charge on any atom is 0.248 e. The Hall–Kier alpha value is -2.82. The van der Waals surface area contributed by atoms with Crippen molar-refractivity contribution in [1.82, 2.24) is 0 Å². The summed E-state index contributed by atoms with van der Waals surface area (Å²) in [5, 5.41) is 9.51. The number of amides is 1. The van der Waals surface area contributed by atoms with Crippen LogP contribution in [0.15, 0.2) is 59.4 Å². The van der Waals surface area contributed by atoms with Crippen molar-refractivity contribution in [1.29, 1.82) is 0 Å². The van der Waals surface area contributed by atoms with E-state index in [1.807, 2.05) is 12.1 Å². The predicted octanol–water partition coefficient (Wildman–Crippen LogP) is 2.51. The van der Waals surface area contributed by atoms with Gasteiger partial charge in [-0.15, -0.1) is 0 Å². The number of hydrogen-bond donors (Lipinski definition) is 2. The Balaban J connectivity index is 2.25. The van der Waals surface area contributed by atoms with Crippen molar-refractivity contribution in [3.05, 3.63) is 65.0 Å². The van der Waals surface area contributed by atoms with E-state index < -0.39 is 5.91 Å². The van der Waals surface area contributed by atoms with Crippen LogP contribution in [0.2, 0.25) is 0 Å². The van der Waals surface area contributed by atoms with Crippen molar-refractivity contribution in [2.75, 3.05) is 18.0 Å². The van der Waals surface area contributed by atoms with Gasteiger partial charge in [-0.1, -0.05) is 6.58 Å². The van der Waals surface area contributed by atoms with Gasteiger partial charge in [0.25, 0.3) is 0 Å². The van der Waals surface area contributed by atoms with E-state index in [1.54, 1.807) is 18.2 Å². The first-order chi connectivity index (χ1) is 10.9. The quantitative estimate of drug-likeness (QED) is 0.508. The normalized spacial score (nSPS) is 17.9. The number of carbonyl (C=O) groups excluding carboxylic acids is 2. The first kappa shape index (κ1) is 16.5. The molecule has 2 rings (SSSR count). The number of carbonyl (C=O) groups is 2. The number of rotatable bonds is 4. The van der Waals surface area contributed by atoms with Gasteiger partial charge < -0.3 is 15.7 Å². The van der Waals surface area contributed by atoms with E-state index in [1.165, 1.54) is 6.92 Å². The molecular formula is C18H20N2O3. The lowest BCUT2D eigenvalue weighted by molar-refractivity contribution is -0.104. The number of aliphatic hydroxyl groups excluding tert-OH is 1. The highest BCUT2D eigenvalue weighted by atomic mass is 16.3. The zero-order chi connectivity index (χ0) is 17.0. The summed E-state index contributed by atoms with van der Waals surface area (Å²) in [4.78, 5) is 24.3. The summed E-state index contributed by atoms with van der Waals surface area (Å²) in [7, 11) is 0. The lowest BCUT2D eigenvalue weighted by atomic mass is 9.96. The molecule has 3 N–H and O–H groups in total. The number of hydrogen-bond acceptors (Lipinski definition) is 4.